The van der Waals surface area contributed by atoms with Gasteiger partial charge in [-0.25, -0.2) is 9.97 Å². The van der Waals surface area contributed by atoms with Gasteiger partial charge in [-0.2, -0.15) is 5.11 Å². The van der Waals surface area contributed by atoms with Crippen molar-refractivity contribution in [1.29, 1.82) is 0 Å². The zero-order chi connectivity index (χ0) is 17.6. The third kappa shape index (κ3) is 2.62. The van der Waals surface area contributed by atoms with E-state index >= 15 is 0 Å². The number of rotatable bonds is 2. The molecule has 0 radical (unpaired) electrons. The lowest BCUT2D eigenvalue weighted by molar-refractivity contribution is 1.15. The summed E-state index contributed by atoms with van der Waals surface area (Å²) in [5, 5.41) is 9.62. The topological polar surface area (TPSA) is 83.4 Å². The second-order valence-corrected chi connectivity index (χ2v) is 6.90. The lowest BCUT2D eigenvalue weighted by Gasteiger charge is -2.05. The Balaban J connectivity index is 1.92. The quantitative estimate of drug-likeness (QED) is 0.524. The molecular weight excluding hydrogens is 334 g/mol. The minimum Gasteiger partial charge on any atom is -0.312 e. The van der Waals surface area contributed by atoms with E-state index in [2.05, 4.69) is 25.2 Å². The zero-order valence-corrected chi connectivity index (χ0v) is 14.8. The van der Waals surface area contributed by atoms with E-state index in [0.29, 0.717) is 10.2 Å². The van der Waals surface area contributed by atoms with Crippen molar-refractivity contribution in [2.45, 2.75) is 20.8 Å². The summed E-state index contributed by atoms with van der Waals surface area (Å²) >= 11 is 1.35. The Bertz CT molecular complexity index is 1190. The Hall–Kier alpha value is -2.93. The Morgan fingerprint density at radius 3 is 2.60 bits per heavy atom. The molecule has 0 aliphatic heterocycles. The van der Waals surface area contributed by atoms with Crippen LogP contribution in [0.15, 0.2) is 45.6 Å². The van der Waals surface area contributed by atoms with Crippen molar-refractivity contribution in [3.63, 3.8) is 0 Å². The molecule has 6 nitrogen and oxygen atoms in total. The van der Waals surface area contributed by atoms with E-state index in [4.69, 9.17) is 0 Å². The summed E-state index contributed by atoms with van der Waals surface area (Å²) in [6.07, 6.45) is 1.42. The Morgan fingerprint density at radius 1 is 1.08 bits per heavy atom. The maximum Gasteiger partial charge on any atom is 0.268 e. The van der Waals surface area contributed by atoms with Crippen LogP contribution < -0.4 is 5.56 Å². The summed E-state index contributed by atoms with van der Waals surface area (Å²) in [6.45, 7) is 5.90. The highest BCUT2D eigenvalue weighted by Gasteiger charge is 2.17. The van der Waals surface area contributed by atoms with Crippen LogP contribution in [0.1, 0.15) is 16.8 Å². The lowest BCUT2D eigenvalue weighted by atomic mass is 10.1. The molecule has 3 aromatic heterocycles. The van der Waals surface area contributed by atoms with E-state index in [1.54, 1.807) is 0 Å². The number of benzene rings is 1. The molecule has 0 atom stereocenters. The molecule has 0 aliphatic rings. The van der Waals surface area contributed by atoms with E-state index in [9.17, 15) is 4.79 Å². The van der Waals surface area contributed by atoms with Gasteiger partial charge in [-0.05, 0) is 38.5 Å². The number of hydrogen-bond acceptors (Lipinski definition) is 6. The Labute approximate surface area is 147 Å². The molecule has 0 fully saturated rings. The molecule has 25 heavy (non-hydrogen) atoms. The monoisotopic (exact) mass is 349 g/mol. The van der Waals surface area contributed by atoms with Gasteiger partial charge in [0.15, 0.2) is 0 Å². The first-order valence-corrected chi connectivity index (χ1v) is 8.62. The minimum atomic E-state index is -0.145. The molecular formula is C18H15N5OS. The van der Waals surface area contributed by atoms with Crippen molar-refractivity contribution in [2.75, 3.05) is 0 Å². The van der Waals surface area contributed by atoms with E-state index in [1.807, 2.05) is 45.0 Å². The molecule has 4 rings (SSSR count). The van der Waals surface area contributed by atoms with Crippen LogP contribution in [0.5, 0.6) is 0 Å². The summed E-state index contributed by atoms with van der Waals surface area (Å²) in [6, 6.07) is 7.85. The van der Waals surface area contributed by atoms with Gasteiger partial charge in [0, 0.05) is 5.39 Å². The molecule has 3 heterocycles. The van der Waals surface area contributed by atoms with Crippen LogP contribution >= 0.6 is 11.3 Å². The molecule has 0 bridgehead atoms. The predicted octanol–water partition coefficient (Wildman–Crippen LogP) is 4.87. The van der Waals surface area contributed by atoms with Crippen molar-refractivity contribution in [2.24, 2.45) is 10.2 Å². The molecule has 1 aromatic carbocycles. The number of hydrogen-bond donors (Lipinski definition) is 1. The fourth-order valence-electron chi connectivity index (χ4n) is 2.79. The van der Waals surface area contributed by atoms with Crippen LogP contribution in [0, 0.1) is 20.8 Å². The molecule has 0 aliphatic carbocycles. The minimum absolute atomic E-state index is 0.145. The number of nitrogens with zero attached hydrogens (tertiary/aromatic N) is 4. The molecule has 0 amide bonds. The largest absolute Gasteiger partial charge is 0.312 e. The fourth-order valence-corrected chi connectivity index (χ4v) is 3.92. The van der Waals surface area contributed by atoms with Crippen LogP contribution in [-0.4, -0.2) is 15.0 Å². The van der Waals surface area contributed by atoms with E-state index in [0.717, 1.165) is 32.8 Å². The van der Waals surface area contributed by atoms with Crippen molar-refractivity contribution >= 4 is 43.1 Å². The molecule has 124 valence electrons. The summed E-state index contributed by atoms with van der Waals surface area (Å²) < 4.78 is 0.583. The lowest BCUT2D eigenvalue weighted by Crippen LogP contribution is -2.03. The third-order valence-corrected chi connectivity index (χ3v) is 5.17. The first-order valence-electron chi connectivity index (χ1n) is 7.80. The molecule has 7 heteroatoms. The normalized spacial score (nSPS) is 11.8. The summed E-state index contributed by atoms with van der Waals surface area (Å²) in [4.78, 5) is 24.4. The van der Waals surface area contributed by atoms with Crippen LogP contribution in [0.25, 0.3) is 20.4 Å². The summed E-state index contributed by atoms with van der Waals surface area (Å²) in [5.41, 5.74) is 4.92. The Kier molecular flexibility index (Phi) is 3.65. The van der Waals surface area contributed by atoms with E-state index in [-0.39, 0.29) is 5.56 Å². The summed E-state index contributed by atoms with van der Waals surface area (Å²) in [7, 11) is 0. The van der Waals surface area contributed by atoms with Crippen LogP contribution in [0.2, 0.25) is 0 Å². The molecule has 0 unspecified atom stereocenters. The SMILES string of the molecule is Cc1ccc(N=Nc2c(C)nc3sc4c(=O)[nH]cnc4c3c2C)cc1. The van der Waals surface area contributed by atoms with Gasteiger partial charge in [0.2, 0.25) is 0 Å². The van der Waals surface area contributed by atoms with Gasteiger partial charge >= 0.3 is 0 Å². The van der Waals surface area contributed by atoms with Crippen LogP contribution in [0.3, 0.4) is 0 Å². The molecule has 1 N–H and O–H groups in total. The van der Waals surface area contributed by atoms with Gasteiger partial charge in [0.05, 0.1) is 23.2 Å². The number of azo groups is 1. The second-order valence-electron chi connectivity index (χ2n) is 5.90. The average Bonchev–Trinajstić information content (AvgIpc) is 2.96. The van der Waals surface area contributed by atoms with Gasteiger partial charge in [-0.1, -0.05) is 17.7 Å². The fraction of sp³-hybridized carbons (Fsp3) is 0.167. The number of thiophene rings is 1. The number of pyridine rings is 1. The number of H-pyrrole nitrogens is 1. The number of aromatic nitrogens is 3. The van der Waals surface area contributed by atoms with Gasteiger partial charge in [0.25, 0.3) is 5.56 Å². The highest BCUT2D eigenvalue weighted by molar-refractivity contribution is 7.25. The maximum atomic E-state index is 12.0. The van der Waals surface area contributed by atoms with Gasteiger partial charge in [0.1, 0.15) is 15.2 Å². The number of aromatic amines is 1. The molecule has 0 saturated carbocycles. The van der Waals surface area contributed by atoms with E-state index in [1.165, 1.54) is 23.2 Å². The smallest absolute Gasteiger partial charge is 0.268 e. The number of nitrogens with one attached hydrogen (secondary N) is 1. The highest BCUT2D eigenvalue weighted by atomic mass is 32.1. The standard InChI is InChI=1S/C18H15N5OS/c1-9-4-6-12(7-5-9)22-23-14-10(2)13-15-16(17(24)20-8-19-15)25-18(13)21-11(14)3/h4-8H,1-3H3,(H,19,20,24). The van der Waals surface area contributed by atoms with Gasteiger partial charge < -0.3 is 4.98 Å². The predicted molar refractivity (Wildman–Crippen MR) is 100 cm³/mol. The highest BCUT2D eigenvalue weighted by Crippen LogP contribution is 2.37. The second kappa shape index (κ2) is 5.86. The maximum absolute atomic E-state index is 12.0. The molecule has 0 saturated heterocycles. The Morgan fingerprint density at radius 2 is 1.84 bits per heavy atom. The van der Waals surface area contributed by atoms with E-state index < -0.39 is 0 Å². The number of aryl methyl sites for hydroxylation is 3. The molecule has 0 spiro atoms. The number of fused-ring (bicyclic) bond motifs is 3. The third-order valence-electron chi connectivity index (χ3n) is 4.10. The summed E-state index contributed by atoms with van der Waals surface area (Å²) in [5.74, 6) is 0. The van der Waals surface area contributed by atoms with Crippen molar-refractivity contribution in [1.82, 2.24) is 15.0 Å². The van der Waals surface area contributed by atoms with Crippen LogP contribution in [-0.2, 0) is 0 Å². The molecule has 4 aromatic rings. The van der Waals surface area contributed by atoms with Gasteiger partial charge in [-0.3, -0.25) is 4.79 Å². The first-order chi connectivity index (χ1) is 12.0. The first kappa shape index (κ1) is 15.6. The van der Waals surface area contributed by atoms with Crippen molar-refractivity contribution in [3.8, 4) is 0 Å². The zero-order valence-electron chi connectivity index (χ0n) is 14.0. The van der Waals surface area contributed by atoms with Crippen molar-refractivity contribution in [3.05, 3.63) is 57.8 Å². The van der Waals surface area contributed by atoms with Crippen LogP contribution in [0.4, 0.5) is 11.4 Å². The average molecular weight is 349 g/mol. The van der Waals surface area contributed by atoms with Crippen molar-refractivity contribution < 1.29 is 0 Å². The van der Waals surface area contributed by atoms with Gasteiger partial charge in [-0.15, -0.1) is 16.5 Å².